The Hall–Kier alpha value is -3.77. The summed E-state index contributed by atoms with van der Waals surface area (Å²) in [6.07, 6.45) is 1.80. The van der Waals surface area contributed by atoms with Crippen molar-refractivity contribution in [3.05, 3.63) is 90.6 Å². The Labute approximate surface area is 180 Å². The van der Waals surface area contributed by atoms with Crippen molar-refractivity contribution in [1.29, 1.82) is 0 Å². The summed E-state index contributed by atoms with van der Waals surface area (Å²) in [6, 6.07) is 24.7. The highest BCUT2D eigenvalue weighted by atomic mass is 16.5. The molecule has 0 spiro atoms. The Morgan fingerprint density at radius 3 is 2.29 bits per heavy atom. The molecule has 31 heavy (non-hydrogen) atoms. The van der Waals surface area contributed by atoms with E-state index in [4.69, 9.17) is 9.72 Å². The molecule has 0 atom stereocenters. The molecule has 0 bridgehead atoms. The average Bonchev–Trinajstić information content (AvgIpc) is 2.85. The number of benzene rings is 3. The number of nitrogens with zero attached hydrogens (tertiary/aromatic N) is 4. The molecule has 1 amide bonds. The van der Waals surface area contributed by atoms with Crippen LogP contribution in [0, 0.1) is 0 Å². The van der Waals surface area contributed by atoms with Crippen molar-refractivity contribution in [2.24, 2.45) is 0 Å². The van der Waals surface area contributed by atoms with Gasteiger partial charge in [0.2, 0.25) is 0 Å². The van der Waals surface area contributed by atoms with E-state index in [1.54, 1.807) is 11.1 Å². The maximum atomic E-state index is 13.5. The topological polar surface area (TPSA) is 58.6 Å². The third-order valence-corrected chi connectivity index (χ3v) is 5.34. The van der Waals surface area contributed by atoms with Gasteiger partial charge >= 0.3 is 0 Å². The summed E-state index contributed by atoms with van der Waals surface area (Å²) in [4.78, 5) is 26.8. The first-order valence-corrected chi connectivity index (χ1v) is 10.3. The number of amides is 1. The van der Waals surface area contributed by atoms with Gasteiger partial charge < -0.3 is 9.64 Å². The van der Waals surface area contributed by atoms with Gasteiger partial charge in [0.25, 0.3) is 5.91 Å². The summed E-state index contributed by atoms with van der Waals surface area (Å²) in [5.41, 5.74) is 3.72. The number of morpholine rings is 1. The highest BCUT2D eigenvalue weighted by Crippen LogP contribution is 2.30. The number of carbonyl (C=O) groups is 1. The second-order valence-corrected chi connectivity index (χ2v) is 7.34. The molecular formula is C25H22N4O2. The first-order valence-electron chi connectivity index (χ1n) is 10.3. The largest absolute Gasteiger partial charge is 0.378 e. The first-order chi connectivity index (χ1) is 15.3. The Balaban J connectivity index is 1.58. The SMILES string of the molecule is O=C(c1ccccc1)N(c1ccccc1)c1ccc2ncc(N3CCOCC3)nc2c1. The van der Waals surface area contributed by atoms with Crippen LogP contribution in [0.2, 0.25) is 0 Å². The molecule has 0 unspecified atom stereocenters. The number of hydrogen-bond acceptors (Lipinski definition) is 5. The Morgan fingerprint density at radius 2 is 1.55 bits per heavy atom. The first kappa shape index (κ1) is 19.2. The smallest absolute Gasteiger partial charge is 0.262 e. The van der Waals surface area contributed by atoms with E-state index in [9.17, 15) is 4.79 Å². The van der Waals surface area contributed by atoms with Crippen molar-refractivity contribution >= 4 is 34.1 Å². The molecule has 6 nitrogen and oxygen atoms in total. The standard InChI is InChI=1S/C25H22N4O2/c30-25(19-7-3-1-4-8-19)29(20-9-5-2-6-10-20)21-11-12-22-23(17-21)27-24(18-26-22)28-13-15-31-16-14-28/h1-12,17-18H,13-16H2. The Kier molecular flexibility index (Phi) is 5.29. The highest BCUT2D eigenvalue weighted by molar-refractivity contribution is 6.11. The van der Waals surface area contributed by atoms with Crippen LogP contribution < -0.4 is 9.80 Å². The van der Waals surface area contributed by atoms with Gasteiger partial charge in [0.05, 0.1) is 36.1 Å². The number of para-hydroxylation sites is 1. The number of hydrogen-bond donors (Lipinski definition) is 0. The van der Waals surface area contributed by atoms with Crippen LogP contribution >= 0.6 is 0 Å². The number of fused-ring (bicyclic) bond motifs is 1. The van der Waals surface area contributed by atoms with E-state index in [1.165, 1.54) is 0 Å². The van der Waals surface area contributed by atoms with Crippen molar-refractivity contribution in [1.82, 2.24) is 9.97 Å². The lowest BCUT2D eigenvalue weighted by Crippen LogP contribution is -2.36. The molecule has 1 fully saturated rings. The summed E-state index contributed by atoms with van der Waals surface area (Å²) in [7, 11) is 0. The molecule has 0 aliphatic carbocycles. The molecule has 154 valence electrons. The monoisotopic (exact) mass is 410 g/mol. The zero-order chi connectivity index (χ0) is 21.0. The van der Waals surface area contributed by atoms with Crippen LogP contribution in [0.15, 0.2) is 85.1 Å². The zero-order valence-electron chi connectivity index (χ0n) is 17.0. The van der Waals surface area contributed by atoms with Gasteiger partial charge in [0.15, 0.2) is 0 Å². The lowest BCUT2D eigenvalue weighted by atomic mass is 10.1. The van der Waals surface area contributed by atoms with Gasteiger partial charge in [-0.05, 0) is 42.5 Å². The third kappa shape index (κ3) is 3.98. The van der Waals surface area contributed by atoms with Crippen LogP contribution in [0.4, 0.5) is 17.2 Å². The number of carbonyl (C=O) groups excluding carboxylic acids is 1. The van der Waals surface area contributed by atoms with Crippen molar-refractivity contribution in [3.63, 3.8) is 0 Å². The zero-order valence-corrected chi connectivity index (χ0v) is 17.0. The van der Waals surface area contributed by atoms with Crippen molar-refractivity contribution in [2.45, 2.75) is 0 Å². The van der Waals surface area contributed by atoms with Crippen LogP contribution in [0.3, 0.4) is 0 Å². The second-order valence-electron chi connectivity index (χ2n) is 7.34. The highest BCUT2D eigenvalue weighted by Gasteiger charge is 2.21. The summed E-state index contributed by atoms with van der Waals surface area (Å²) in [5.74, 6) is 0.733. The minimum atomic E-state index is -0.0940. The molecule has 0 radical (unpaired) electrons. The molecule has 6 heteroatoms. The number of ether oxygens (including phenoxy) is 1. The van der Waals surface area contributed by atoms with Crippen LogP contribution in [0.25, 0.3) is 11.0 Å². The van der Waals surface area contributed by atoms with Crippen molar-refractivity contribution < 1.29 is 9.53 Å². The maximum Gasteiger partial charge on any atom is 0.262 e. The molecule has 2 heterocycles. The van der Waals surface area contributed by atoms with Gasteiger partial charge in [0, 0.05) is 24.3 Å². The molecule has 4 aromatic rings. The molecule has 0 saturated carbocycles. The lowest BCUT2D eigenvalue weighted by Gasteiger charge is -2.27. The minimum absolute atomic E-state index is 0.0940. The summed E-state index contributed by atoms with van der Waals surface area (Å²) < 4.78 is 5.44. The molecule has 1 aromatic heterocycles. The van der Waals surface area contributed by atoms with Gasteiger partial charge in [-0.1, -0.05) is 36.4 Å². The predicted molar refractivity (Wildman–Crippen MR) is 122 cm³/mol. The molecular weight excluding hydrogens is 388 g/mol. The van der Waals surface area contributed by atoms with Gasteiger partial charge in [-0.2, -0.15) is 0 Å². The summed E-state index contributed by atoms with van der Waals surface area (Å²) in [5, 5.41) is 0. The number of anilines is 3. The lowest BCUT2D eigenvalue weighted by molar-refractivity contribution is 0.0999. The van der Waals surface area contributed by atoms with E-state index < -0.39 is 0 Å². The fourth-order valence-corrected chi connectivity index (χ4v) is 3.74. The van der Waals surface area contributed by atoms with Crippen LogP contribution in [0.1, 0.15) is 10.4 Å². The normalized spacial score (nSPS) is 13.9. The fraction of sp³-hybridized carbons (Fsp3) is 0.160. The van der Waals surface area contributed by atoms with E-state index in [-0.39, 0.29) is 5.91 Å². The van der Waals surface area contributed by atoms with E-state index in [0.29, 0.717) is 18.8 Å². The molecule has 3 aromatic carbocycles. The Bertz CT molecular complexity index is 1190. The number of aromatic nitrogens is 2. The van der Waals surface area contributed by atoms with Crippen LogP contribution in [-0.4, -0.2) is 42.2 Å². The van der Waals surface area contributed by atoms with E-state index >= 15 is 0 Å². The predicted octanol–water partition coefficient (Wildman–Crippen LogP) is 4.44. The molecule has 1 saturated heterocycles. The maximum absolute atomic E-state index is 13.5. The van der Waals surface area contributed by atoms with Crippen LogP contribution in [0.5, 0.6) is 0 Å². The third-order valence-electron chi connectivity index (χ3n) is 5.34. The number of rotatable bonds is 4. The van der Waals surface area contributed by atoms with Crippen molar-refractivity contribution in [2.75, 3.05) is 36.1 Å². The molecule has 1 aliphatic heterocycles. The van der Waals surface area contributed by atoms with Gasteiger partial charge in [-0.3, -0.25) is 14.7 Å². The van der Waals surface area contributed by atoms with Gasteiger partial charge in [0.1, 0.15) is 5.82 Å². The fourth-order valence-electron chi connectivity index (χ4n) is 3.74. The molecule has 5 rings (SSSR count). The molecule has 0 N–H and O–H groups in total. The Morgan fingerprint density at radius 1 is 0.839 bits per heavy atom. The molecule has 1 aliphatic rings. The average molecular weight is 410 g/mol. The van der Waals surface area contributed by atoms with E-state index in [1.807, 2.05) is 78.9 Å². The van der Waals surface area contributed by atoms with Crippen molar-refractivity contribution in [3.8, 4) is 0 Å². The van der Waals surface area contributed by atoms with E-state index in [2.05, 4.69) is 9.88 Å². The van der Waals surface area contributed by atoms with Gasteiger partial charge in [-0.25, -0.2) is 4.98 Å². The minimum Gasteiger partial charge on any atom is -0.378 e. The second kappa shape index (κ2) is 8.53. The summed E-state index contributed by atoms with van der Waals surface area (Å²) >= 11 is 0. The summed E-state index contributed by atoms with van der Waals surface area (Å²) in [6.45, 7) is 2.96. The van der Waals surface area contributed by atoms with E-state index in [0.717, 1.165) is 41.3 Å². The quantitative estimate of drug-likeness (QED) is 0.498. The van der Waals surface area contributed by atoms with Crippen LogP contribution in [-0.2, 0) is 4.74 Å². The van der Waals surface area contributed by atoms with Gasteiger partial charge in [-0.15, -0.1) is 0 Å².